The van der Waals surface area contributed by atoms with Crippen LogP contribution >= 0.6 is 0 Å². The van der Waals surface area contributed by atoms with E-state index in [1.807, 2.05) is 12.1 Å². The first kappa shape index (κ1) is 18.1. The fourth-order valence-electron chi connectivity index (χ4n) is 2.32. The van der Waals surface area contributed by atoms with E-state index in [0.717, 1.165) is 11.3 Å². The van der Waals surface area contributed by atoms with Gasteiger partial charge in [0.25, 0.3) is 5.91 Å². The summed E-state index contributed by atoms with van der Waals surface area (Å²) in [6.45, 7) is 4.69. The number of nitrogens with one attached hydrogen (secondary N) is 1. The number of carbonyl (C=O) groups excluding carboxylic acids is 1. The van der Waals surface area contributed by atoms with E-state index in [2.05, 4.69) is 15.6 Å². The lowest BCUT2D eigenvalue weighted by molar-refractivity contribution is -0.386. The number of hydrogen-bond acceptors (Lipinski definition) is 6. The Balaban J connectivity index is 2.05. The van der Waals surface area contributed by atoms with E-state index in [9.17, 15) is 14.9 Å². The van der Waals surface area contributed by atoms with Crippen LogP contribution in [0.1, 0.15) is 23.9 Å². The molecule has 2 aromatic rings. The molecule has 0 bridgehead atoms. The lowest BCUT2D eigenvalue weighted by atomic mass is 10.1. The summed E-state index contributed by atoms with van der Waals surface area (Å²) in [4.78, 5) is 22.5. The summed E-state index contributed by atoms with van der Waals surface area (Å²) in [5.41, 5.74) is 4.41. The standard InChI is InChI=1S/C16H19N5O4/c1-10(13-5-7-14(25-4)8-6-13)17-18-15(22)9-20-12(3)16(21(23)24)11(2)19-20/h5-8H,9H2,1-4H3,(H,18,22)/b17-10+. The summed E-state index contributed by atoms with van der Waals surface area (Å²) in [5, 5.41) is 19.0. The molecule has 0 saturated heterocycles. The average molecular weight is 345 g/mol. The van der Waals surface area contributed by atoms with Gasteiger partial charge in [-0.05, 0) is 50.6 Å². The van der Waals surface area contributed by atoms with Crippen LogP contribution in [0.4, 0.5) is 5.69 Å². The highest BCUT2D eigenvalue weighted by molar-refractivity contribution is 5.99. The van der Waals surface area contributed by atoms with Crippen molar-refractivity contribution < 1.29 is 14.5 Å². The van der Waals surface area contributed by atoms with Crippen LogP contribution in [0.5, 0.6) is 5.75 Å². The average Bonchev–Trinajstić information content (AvgIpc) is 2.86. The third-order valence-corrected chi connectivity index (χ3v) is 3.68. The number of hydrazone groups is 1. The molecule has 25 heavy (non-hydrogen) atoms. The molecule has 0 fully saturated rings. The topological polar surface area (TPSA) is 112 Å². The predicted molar refractivity (Wildman–Crippen MR) is 91.7 cm³/mol. The maximum Gasteiger partial charge on any atom is 0.312 e. The number of amides is 1. The van der Waals surface area contributed by atoms with E-state index in [-0.39, 0.29) is 17.9 Å². The van der Waals surface area contributed by atoms with E-state index in [4.69, 9.17) is 4.74 Å². The van der Waals surface area contributed by atoms with Crippen LogP contribution in [0.15, 0.2) is 29.4 Å². The van der Waals surface area contributed by atoms with Gasteiger partial charge in [-0.15, -0.1) is 0 Å². The Hall–Kier alpha value is -3.23. The Morgan fingerprint density at radius 3 is 2.52 bits per heavy atom. The van der Waals surface area contributed by atoms with Gasteiger partial charge in [-0.3, -0.25) is 19.6 Å². The van der Waals surface area contributed by atoms with E-state index in [1.165, 1.54) is 11.6 Å². The van der Waals surface area contributed by atoms with Crippen molar-refractivity contribution >= 4 is 17.3 Å². The molecule has 1 amide bonds. The molecular formula is C16H19N5O4. The van der Waals surface area contributed by atoms with Gasteiger partial charge in [0.1, 0.15) is 23.7 Å². The molecule has 0 aliphatic rings. The molecule has 132 valence electrons. The highest BCUT2D eigenvalue weighted by atomic mass is 16.6. The normalized spacial score (nSPS) is 11.3. The van der Waals surface area contributed by atoms with E-state index < -0.39 is 10.8 Å². The van der Waals surface area contributed by atoms with Crippen LogP contribution < -0.4 is 10.2 Å². The van der Waals surface area contributed by atoms with Gasteiger partial charge in [-0.1, -0.05) is 0 Å². The SMILES string of the molecule is COc1ccc(/C(C)=N/NC(=O)Cn2nc(C)c([N+](=O)[O-])c2C)cc1. The Labute approximate surface area is 144 Å². The van der Waals surface area contributed by atoms with Gasteiger partial charge < -0.3 is 4.74 Å². The van der Waals surface area contributed by atoms with E-state index in [1.54, 1.807) is 33.1 Å². The van der Waals surface area contributed by atoms with Crippen LogP contribution in [0.25, 0.3) is 0 Å². The van der Waals surface area contributed by atoms with Gasteiger partial charge >= 0.3 is 5.69 Å². The first-order chi connectivity index (χ1) is 11.8. The predicted octanol–water partition coefficient (Wildman–Crippen LogP) is 1.96. The highest BCUT2D eigenvalue weighted by Gasteiger charge is 2.22. The largest absolute Gasteiger partial charge is 0.497 e. The molecule has 0 radical (unpaired) electrons. The van der Waals surface area contributed by atoms with Gasteiger partial charge in [0.15, 0.2) is 0 Å². The summed E-state index contributed by atoms with van der Waals surface area (Å²) in [7, 11) is 1.58. The summed E-state index contributed by atoms with van der Waals surface area (Å²) in [6, 6.07) is 7.25. The van der Waals surface area contributed by atoms with Crippen LogP contribution in [-0.2, 0) is 11.3 Å². The monoisotopic (exact) mass is 345 g/mol. The number of nitro groups is 1. The molecule has 0 saturated carbocycles. The number of carbonyl (C=O) groups is 1. The zero-order chi connectivity index (χ0) is 18.6. The van der Waals surface area contributed by atoms with Crippen molar-refractivity contribution in [1.29, 1.82) is 0 Å². The number of rotatable bonds is 6. The number of hydrogen-bond donors (Lipinski definition) is 1. The van der Waals surface area contributed by atoms with Gasteiger partial charge in [-0.2, -0.15) is 10.2 Å². The molecule has 9 heteroatoms. The zero-order valence-electron chi connectivity index (χ0n) is 14.4. The lowest BCUT2D eigenvalue weighted by Gasteiger charge is -2.05. The van der Waals surface area contributed by atoms with Crippen molar-refractivity contribution in [1.82, 2.24) is 15.2 Å². The fourth-order valence-corrected chi connectivity index (χ4v) is 2.32. The number of nitrogens with zero attached hydrogens (tertiary/aromatic N) is 4. The number of benzene rings is 1. The number of aromatic nitrogens is 2. The third-order valence-electron chi connectivity index (χ3n) is 3.68. The van der Waals surface area contributed by atoms with Crippen LogP contribution in [-0.4, -0.2) is 33.4 Å². The molecular weight excluding hydrogens is 326 g/mol. The minimum absolute atomic E-state index is 0.0780. The van der Waals surface area contributed by atoms with Gasteiger partial charge in [-0.25, -0.2) is 5.43 Å². The lowest BCUT2D eigenvalue weighted by Crippen LogP contribution is -2.25. The van der Waals surface area contributed by atoms with Gasteiger partial charge in [0, 0.05) is 0 Å². The summed E-state index contributed by atoms with van der Waals surface area (Å²) < 4.78 is 6.38. The van der Waals surface area contributed by atoms with E-state index >= 15 is 0 Å². The Morgan fingerprint density at radius 2 is 2.00 bits per heavy atom. The molecule has 0 aliphatic carbocycles. The van der Waals surface area contributed by atoms with Crippen molar-refractivity contribution in [2.75, 3.05) is 7.11 Å². The smallest absolute Gasteiger partial charge is 0.312 e. The maximum atomic E-state index is 12.0. The maximum absolute atomic E-state index is 12.0. The minimum atomic E-state index is -0.502. The van der Waals surface area contributed by atoms with E-state index in [0.29, 0.717) is 11.4 Å². The van der Waals surface area contributed by atoms with Crippen molar-refractivity contribution in [3.05, 3.63) is 51.3 Å². The van der Waals surface area contributed by atoms with Gasteiger partial charge in [0.2, 0.25) is 0 Å². The van der Waals surface area contributed by atoms with Gasteiger partial charge in [0.05, 0.1) is 17.7 Å². The second-order valence-electron chi connectivity index (χ2n) is 5.39. The number of methoxy groups -OCH3 is 1. The Morgan fingerprint density at radius 1 is 1.36 bits per heavy atom. The fraction of sp³-hybridized carbons (Fsp3) is 0.312. The summed E-state index contributed by atoms with van der Waals surface area (Å²) in [6.07, 6.45) is 0. The molecule has 0 aliphatic heterocycles. The van der Waals surface area contributed by atoms with Crippen molar-refractivity contribution in [2.24, 2.45) is 5.10 Å². The van der Waals surface area contributed by atoms with Crippen molar-refractivity contribution in [3.8, 4) is 5.75 Å². The summed E-state index contributed by atoms with van der Waals surface area (Å²) >= 11 is 0. The highest BCUT2D eigenvalue weighted by Crippen LogP contribution is 2.21. The molecule has 2 rings (SSSR count). The molecule has 0 atom stereocenters. The molecule has 1 aromatic heterocycles. The van der Waals surface area contributed by atoms with Crippen LogP contribution in [0.2, 0.25) is 0 Å². The molecule has 1 aromatic carbocycles. The first-order valence-electron chi connectivity index (χ1n) is 7.49. The number of aryl methyl sites for hydroxylation is 1. The minimum Gasteiger partial charge on any atom is -0.497 e. The Bertz CT molecular complexity index is 824. The zero-order valence-corrected chi connectivity index (χ0v) is 14.4. The Kier molecular flexibility index (Phi) is 5.48. The molecule has 1 N–H and O–H groups in total. The molecule has 0 spiro atoms. The number of ether oxygens (including phenoxy) is 1. The quantitative estimate of drug-likeness (QED) is 0.488. The molecule has 0 unspecified atom stereocenters. The van der Waals surface area contributed by atoms with Crippen LogP contribution in [0.3, 0.4) is 0 Å². The van der Waals surface area contributed by atoms with Crippen molar-refractivity contribution in [3.63, 3.8) is 0 Å². The van der Waals surface area contributed by atoms with Crippen LogP contribution in [0, 0.1) is 24.0 Å². The second-order valence-corrected chi connectivity index (χ2v) is 5.39. The summed E-state index contributed by atoms with van der Waals surface area (Å²) in [5.74, 6) is 0.306. The van der Waals surface area contributed by atoms with Crippen molar-refractivity contribution in [2.45, 2.75) is 27.3 Å². The molecule has 1 heterocycles. The molecule has 9 nitrogen and oxygen atoms in total. The second kappa shape index (κ2) is 7.56. The first-order valence-corrected chi connectivity index (χ1v) is 7.49. The third kappa shape index (κ3) is 4.19.